The third-order valence-electron chi connectivity index (χ3n) is 1.44. The first-order valence-corrected chi connectivity index (χ1v) is 3.87. The third-order valence-corrected chi connectivity index (χ3v) is 1.44. The van der Waals surface area contributed by atoms with E-state index in [4.69, 9.17) is 11.6 Å². The van der Waals surface area contributed by atoms with Crippen LogP contribution in [0.3, 0.4) is 0 Å². The Morgan fingerprint density at radius 1 is 1.18 bits per heavy atom. The van der Waals surface area contributed by atoms with Gasteiger partial charge in [-0.05, 0) is 12.8 Å². The van der Waals surface area contributed by atoms with E-state index in [9.17, 15) is 4.79 Å². The summed E-state index contributed by atoms with van der Waals surface area (Å²) in [5, 5.41) is 0. The molecule has 0 aliphatic rings. The van der Waals surface area contributed by atoms with Gasteiger partial charge in [-0.1, -0.05) is 12.8 Å². The minimum atomic E-state index is -0.222. The zero-order valence-corrected chi connectivity index (χ0v) is 6.71. The summed E-state index contributed by atoms with van der Waals surface area (Å²) in [4.78, 5) is 14.6. The Hall–Kier alpha value is -0.610. The number of hydrogen-bond acceptors (Lipinski definition) is 3. The number of carbonyl (C=O) groups is 1. The molecular formula is C7H16N2O2. The minimum absolute atomic E-state index is 0.222. The Bertz CT molecular complexity index is 107. The predicted molar refractivity (Wildman–Crippen MR) is 42.4 cm³/mol. The van der Waals surface area contributed by atoms with Gasteiger partial charge < -0.3 is 10.6 Å². The van der Waals surface area contributed by atoms with Crippen LogP contribution in [-0.2, 0) is 9.63 Å². The van der Waals surface area contributed by atoms with Crippen LogP contribution >= 0.6 is 0 Å². The molecule has 4 nitrogen and oxygen atoms in total. The lowest BCUT2D eigenvalue weighted by Crippen LogP contribution is -2.09. The van der Waals surface area contributed by atoms with E-state index in [0.717, 1.165) is 25.7 Å². The van der Waals surface area contributed by atoms with Gasteiger partial charge in [0.15, 0.2) is 0 Å². The molecule has 0 aromatic heterocycles. The van der Waals surface area contributed by atoms with Crippen LogP contribution in [0.2, 0.25) is 0 Å². The van der Waals surface area contributed by atoms with Crippen molar-refractivity contribution < 1.29 is 9.63 Å². The number of amides is 1. The maximum absolute atomic E-state index is 10.3. The molecule has 4 heteroatoms. The van der Waals surface area contributed by atoms with Crippen LogP contribution in [-0.4, -0.2) is 12.5 Å². The van der Waals surface area contributed by atoms with E-state index in [1.165, 1.54) is 0 Å². The molecule has 0 bridgehead atoms. The van der Waals surface area contributed by atoms with Gasteiger partial charge in [-0.25, -0.2) is 5.90 Å². The monoisotopic (exact) mass is 160 g/mol. The van der Waals surface area contributed by atoms with Crippen molar-refractivity contribution in [2.24, 2.45) is 11.6 Å². The number of unbranched alkanes of at least 4 members (excludes halogenated alkanes) is 3. The molecule has 0 aromatic rings. The highest BCUT2D eigenvalue weighted by Crippen LogP contribution is 2.01. The van der Waals surface area contributed by atoms with Crippen molar-refractivity contribution >= 4 is 5.91 Å². The van der Waals surface area contributed by atoms with Crippen molar-refractivity contribution in [1.29, 1.82) is 0 Å². The summed E-state index contributed by atoms with van der Waals surface area (Å²) in [5.74, 6) is 4.60. The van der Waals surface area contributed by atoms with E-state index in [-0.39, 0.29) is 5.91 Å². The second-order valence-electron chi connectivity index (χ2n) is 2.50. The summed E-state index contributed by atoms with van der Waals surface area (Å²) in [7, 11) is 0. The van der Waals surface area contributed by atoms with Gasteiger partial charge in [-0.15, -0.1) is 0 Å². The zero-order chi connectivity index (χ0) is 8.53. The van der Waals surface area contributed by atoms with Gasteiger partial charge in [0.25, 0.3) is 0 Å². The molecule has 0 aliphatic carbocycles. The van der Waals surface area contributed by atoms with Crippen LogP contribution in [0.15, 0.2) is 0 Å². The predicted octanol–water partition coefficient (Wildman–Crippen LogP) is 0.313. The second-order valence-corrected chi connectivity index (χ2v) is 2.50. The van der Waals surface area contributed by atoms with Gasteiger partial charge in [-0.2, -0.15) is 0 Å². The summed E-state index contributed by atoms with van der Waals surface area (Å²) in [5.41, 5.74) is 4.95. The van der Waals surface area contributed by atoms with E-state index in [1.807, 2.05) is 0 Å². The smallest absolute Gasteiger partial charge is 0.217 e. The zero-order valence-electron chi connectivity index (χ0n) is 6.71. The van der Waals surface area contributed by atoms with Gasteiger partial charge >= 0.3 is 0 Å². The molecule has 0 radical (unpaired) electrons. The Morgan fingerprint density at radius 3 is 2.36 bits per heavy atom. The Kier molecular flexibility index (Phi) is 7.08. The van der Waals surface area contributed by atoms with E-state index in [1.54, 1.807) is 0 Å². The first kappa shape index (κ1) is 10.4. The molecule has 4 N–H and O–H groups in total. The van der Waals surface area contributed by atoms with Crippen LogP contribution in [0.25, 0.3) is 0 Å². The van der Waals surface area contributed by atoms with Gasteiger partial charge in [0.1, 0.15) is 0 Å². The lowest BCUT2D eigenvalue weighted by atomic mass is 10.1. The van der Waals surface area contributed by atoms with Crippen molar-refractivity contribution in [3.63, 3.8) is 0 Å². The highest BCUT2D eigenvalue weighted by molar-refractivity contribution is 5.73. The van der Waals surface area contributed by atoms with Gasteiger partial charge in [0, 0.05) is 6.42 Å². The standard InChI is InChI=1S/C7H16N2O2/c8-7(10)5-3-1-2-4-6-11-9/h1-6,9H2,(H2,8,10). The first-order chi connectivity index (χ1) is 5.27. The van der Waals surface area contributed by atoms with E-state index >= 15 is 0 Å². The molecule has 1 amide bonds. The molecule has 66 valence electrons. The summed E-state index contributed by atoms with van der Waals surface area (Å²) in [6.45, 7) is 0.594. The fraction of sp³-hybridized carbons (Fsp3) is 0.857. The Balaban J connectivity index is 2.85. The minimum Gasteiger partial charge on any atom is -0.370 e. The number of rotatable bonds is 7. The summed E-state index contributed by atoms with van der Waals surface area (Å²) in [6.07, 6.45) is 4.38. The molecule has 0 saturated heterocycles. The summed E-state index contributed by atoms with van der Waals surface area (Å²) in [6, 6.07) is 0. The molecule has 0 fully saturated rings. The molecule has 0 rings (SSSR count). The third kappa shape index (κ3) is 9.39. The maximum Gasteiger partial charge on any atom is 0.217 e. The molecular weight excluding hydrogens is 144 g/mol. The fourth-order valence-corrected chi connectivity index (χ4v) is 0.838. The Labute approximate surface area is 66.8 Å². The van der Waals surface area contributed by atoms with Crippen LogP contribution in [0, 0.1) is 0 Å². The average molecular weight is 160 g/mol. The molecule has 11 heavy (non-hydrogen) atoms. The topological polar surface area (TPSA) is 78.3 Å². The number of hydrogen-bond donors (Lipinski definition) is 2. The highest BCUT2D eigenvalue weighted by atomic mass is 16.6. The molecule has 0 unspecified atom stereocenters. The molecule has 0 aliphatic heterocycles. The van der Waals surface area contributed by atoms with Crippen LogP contribution in [0.1, 0.15) is 32.1 Å². The van der Waals surface area contributed by atoms with Gasteiger partial charge in [0.05, 0.1) is 6.61 Å². The van der Waals surface area contributed by atoms with Crippen LogP contribution in [0.4, 0.5) is 0 Å². The molecule has 0 saturated carbocycles. The van der Waals surface area contributed by atoms with E-state index in [2.05, 4.69) is 4.84 Å². The number of primary amides is 1. The number of carbonyl (C=O) groups excluding carboxylic acids is 1. The Morgan fingerprint density at radius 2 is 1.82 bits per heavy atom. The van der Waals surface area contributed by atoms with Crippen molar-refractivity contribution in [1.82, 2.24) is 0 Å². The SMILES string of the molecule is NOCCCCCCC(N)=O. The van der Waals surface area contributed by atoms with Gasteiger partial charge in [-0.3, -0.25) is 4.79 Å². The molecule has 0 aromatic carbocycles. The number of nitrogens with two attached hydrogens (primary N) is 2. The van der Waals surface area contributed by atoms with Crippen molar-refractivity contribution in [2.75, 3.05) is 6.61 Å². The molecule has 0 spiro atoms. The molecule has 0 atom stereocenters. The first-order valence-electron chi connectivity index (χ1n) is 3.87. The van der Waals surface area contributed by atoms with Crippen molar-refractivity contribution in [3.8, 4) is 0 Å². The quantitative estimate of drug-likeness (QED) is 0.415. The lowest BCUT2D eigenvalue weighted by molar-refractivity contribution is -0.118. The van der Waals surface area contributed by atoms with E-state index in [0.29, 0.717) is 13.0 Å². The molecule has 0 heterocycles. The average Bonchev–Trinajstić information content (AvgIpc) is 1.96. The fourth-order valence-electron chi connectivity index (χ4n) is 0.838. The van der Waals surface area contributed by atoms with Gasteiger partial charge in [0.2, 0.25) is 5.91 Å². The largest absolute Gasteiger partial charge is 0.370 e. The maximum atomic E-state index is 10.3. The van der Waals surface area contributed by atoms with Crippen molar-refractivity contribution in [3.05, 3.63) is 0 Å². The summed E-state index contributed by atoms with van der Waals surface area (Å²) < 4.78 is 0. The highest BCUT2D eigenvalue weighted by Gasteiger charge is 1.93. The van der Waals surface area contributed by atoms with E-state index < -0.39 is 0 Å². The van der Waals surface area contributed by atoms with Crippen molar-refractivity contribution in [2.45, 2.75) is 32.1 Å². The van der Waals surface area contributed by atoms with Crippen LogP contribution < -0.4 is 11.6 Å². The lowest BCUT2D eigenvalue weighted by Gasteiger charge is -1.97. The summed E-state index contributed by atoms with van der Waals surface area (Å²) >= 11 is 0. The normalized spacial score (nSPS) is 9.91. The second kappa shape index (κ2) is 7.50. The van der Waals surface area contributed by atoms with Crippen LogP contribution in [0.5, 0.6) is 0 Å².